The minimum atomic E-state index is -0.0683. The number of rotatable bonds is 0. The van der Waals surface area contributed by atoms with Gasteiger partial charge < -0.3 is 0 Å². The Balaban J connectivity index is 2.32. The average Bonchev–Trinajstić information content (AvgIpc) is 2.12. The molecule has 0 saturated heterocycles. The van der Waals surface area contributed by atoms with Crippen molar-refractivity contribution >= 4 is 11.6 Å². The lowest BCUT2D eigenvalue weighted by Gasteiger charge is -2.29. The highest BCUT2D eigenvalue weighted by Gasteiger charge is 2.35. The molecule has 13 heavy (non-hydrogen) atoms. The summed E-state index contributed by atoms with van der Waals surface area (Å²) < 4.78 is 0. The number of ketones is 2. The Kier molecular flexibility index (Phi) is 1.91. The number of fused-ring (bicyclic) bond motifs is 1. The van der Waals surface area contributed by atoms with E-state index in [-0.39, 0.29) is 23.4 Å². The third kappa shape index (κ3) is 1.37. The standard InChI is InChI=1S/C11H12O2/c1-7-2-3-8-9(6-7)11(13)5-4-10(8)12/h2,4-5,8-9H,3,6H2,1H3/t8-,9+/m1/s1. The van der Waals surface area contributed by atoms with Crippen LogP contribution in [0.15, 0.2) is 23.8 Å². The van der Waals surface area contributed by atoms with Crippen LogP contribution in [0.2, 0.25) is 0 Å². The van der Waals surface area contributed by atoms with Gasteiger partial charge in [-0.3, -0.25) is 9.59 Å². The van der Waals surface area contributed by atoms with Crippen LogP contribution in [0.5, 0.6) is 0 Å². The zero-order chi connectivity index (χ0) is 9.42. The maximum Gasteiger partial charge on any atom is 0.159 e. The Labute approximate surface area is 77.3 Å². The molecular formula is C11H12O2. The summed E-state index contributed by atoms with van der Waals surface area (Å²) in [6.45, 7) is 2.02. The molecule has 0 aromatic rings. The molecule has 2 atom stereocenters. The van der Waals surface area contributed by atoms with Crippen LogP contribution in [0.4, 0.5) is 0 Å². The van der Waals surface area contributed by atoms with Crippen LogP contribution in [0, 0.1) is 11.8 Å². The predicted molar refractivity (Wildman–Crippen MR) is 49.1 cm³/mol. The van der Waals surface area contributed by atoms with E-state index in [1.165, 1.54) is 17.7 Å². The smallest absolute Gasteiger partial charge is 0.159 e. The third-order valence-electron chi connectivity index (χ3n) is 2.89. The Morgan fingerprint density at radius 2 is 1.77 bits per heavy atom. The Morgan fingerprint density at radius 3 is 2.46 bits per heavy atom. The molecule has 2 aliphatic carbocycles. The van der Waals surface area contributed by atoms with Crippen LogP contribution in [0.1, 0.15) is 19.8 Å². The molecule has 0 saturated carbocycles. The van der Waals surface area contributed by atoms with Crippen LogP contribution in [0.25, 0.3) is 0 Å². The van der Waals surface area contributed by atoms with E-state index < -0.39 is 0 Å². The molecule has 2 rings (SSSR count). The van der Waals surface area contributed by atoms with E-state index in [1.807, 2.05) is 6.92 Å². The lowest BCUT2D eigenvalue weighted by molar-refractivity contribution is -0.129. The van der Waals surface area contributed by atoms with Gasteiger partial charge in [-0.15, -0.1) is 0 Å². The molecular weight excluding hydrogens is 164 g/mol. The minimum absolute atomic E-state index is 0.0671. The summed E-state index contributed by atoms with van der Waals surface area (Å²) in [5, 5.41) is 0. The normalized spacial score (nSPS) is 32.8. The Hall–Kier alpha value is -1.18. The molecule has 0 aliphatic heterocycles. The van der Waals surface area contributed by atoms with Crippen LogP contribution in [-0.4, -0.2) is 11.6 Å². The molecule has 2 nitrogen and oxygen atoms in total. The summed E-state index contributed by atoms with van der Waals surface area (Å²) in [4.78, 5) is 22.9. The van der Waals surface area contributed by atoms with Crippen molar-refractivity contribution in [1.82, 2.24) is 0 Å². The van der Waals surface area contributed by atoms with Gasteiger partial charge in [0.05, 0.1) is 0 Å². The SMILES string of the molecule is CC1=CC[C@H]2C(=O)C=CC(=O)[C@H]2C1. The molecule has 0 N–H and O–H groups in total. The summed E-state index contributed by atoms with van der Waals surface area (Å²) in [6, 6.07) is 0. The zero-order valence-electron chi connectivity index (χ0n) is 7.62. The van der Waals surface area contributed by atoms with E-state index in [4.69, 9.17) is 0 Å². The summed E-state index contributed by atoms with van der Waals surface area (Å²) in [5.41, 5.74) is 1.23. The fourth-order valence-corrected chi connectivity index (χ4v) is 2.09. The van der Waals surface area contributed by atoms with E-state index in [2.05, 4.69) is 6.08 Å². The largest absolute Gasteiger partial charge is 0.295 e. The van der Waals surface area contributed by atoms with Gasteiger partial charge in [0, 0.05) is 11.8 Å². The first-order chi connectivity index (χ1) is 6.18. The molecule has 0 bridgehead atoms. The number of allylic oxidation sites excluding steroid dienone is 4. The van der Waals surface area contributed by atoms with Gasteiger partial charge in [-0.25, -0.2) is 0 Å². The predicted octanol–water partition coefficient (Wildman–Crippen LogP) is 1.67. The highest BCUT2D eigenvalue weighted by atomic mass is 16.1. The van der Waals surface area contributed by atoms with Crippen molar-refractivity contribution < 1.29 is 9.59 Å². The van der Waals surface area contributed by atoms with Gasteiger partial charge in [0.15, 0.2) is 11.6 Å². The lowest BCUT2D eigenvalue weighted by Crippen LogP contribution is -2.33. The number of hydrogen-bond donors (Lipinski definition) is 0. The second-order valence-corrected chi connectivity index (χ2v) is 3.84. The zero-order valence-corrected chi connectivity index (χ0v) is 7.62. The topological polar surface area (TPSA) is 34.1 Å². The number of carbonyl (C=O) groups is 2. The van der Waals surface area contributed by atoms with Crippen molar-refractivity contribution in [2.24, 2.45) is 11.8 Å². The average molecular weight is 176 g/mol. The summed E-state index contributed by atoms with van der Waals surface area (Å²) in [6.07, 6.45) is 6.44. The Bertz CT molecular complexity index is 323. The van der Waals surface area contributed by atoms with Crippen molar-refractivity contribution in [3.8, 4) is 0 Å². The van der Waals surface area contributed by atoms with Crippen molar-refractivity contribution in [1.29, 1.82) is 0 Å². The minimum Gasteiger partial charge on any atom is -0.295 e. The molecule has 0 unspecified atom stereocenters. The van der Waals surface area contributed by atoms with Crippen molar-refractivity contribution in [2.45, 2.75) is 19.8 Å². The first-order valence-electron chi connectivity index (χ1n) is 4.60. The molecule has 68 valence electrons. The first kappa shape index (κ1) is 8.42. The molecule has 0 heterocycles. The molecule has 0 aromatic carbocycles. The molecule has 2 heteroatoms. The summed E-state index contributed by atoms with van der Waals surface area (Å²) in [5.74, 6) is 0.106. The quantitative estimate of drug-likeness (QED) is 0.526. The van der Waals surface area contributed by atoms with Crippen LogP contribution >= 0.6 is 0 Å². The second kappa shape index (κ2) is 2.95. The fraction of sp³-hybridized carbons (Fsp3) is 0.455. The van der Waals surface area contributed by atoms with Crippen LogP contribution in [-0.2, 0) is 9.59 Å². The van der Waals surface area contributed by atoms with Crippen molar-refractivity contribution in [2.75, 3.05) is 0 Å². The molecule has 0 spiro atoms. The van der Waals surface area contributed by atoms with E-state index in [0.717, 1.165) is 12.8 Å². The van der Waals surface area contributed by atoms with E-state index in [9.17, 15) is 9.59 Å². The molecule has 0 amide bonds. The van der Waals surface area contributed by atoms with E-state index >= 15 is 0 Å². The monoisotopic (exact) mass is 176 g/mol. The molecule has 0 radical (unpaired) electrons. The number of hydrogen-bond acceptors (Lipinski definition) is 2. The lowest BCUT2D eigenvalue weighted by atomic mass is 9.73. The highest BCUT2D eigenvalue weighted by molar-refractivity contribution is 6.07. The van der Waals surface area contributed by atoms with Gasteiger partial charge in [-0.1, -0.05) is 11.6 Å². The number of carbonyl (C=O) groups excluding carboxylic acids is 2. The second-order valence-electron chi connectivity index (χ2n) is 3.84. The first-order valence-corrected chi connectivity index (χ1v) is 4.60. The van der Waals surface area contributed by atoms with Crippen LogP contribution < -0.4 is 0 Å². The van der Waals surface area contributed by atoms with Gasteiger partial charge in [0.2, 0.25) is 0 Å². The molecule has 0 fully saturated rings. The van der Waals surface area contributed by atoms with Gasteiger partial charge in [0.1, 0.15) is 0 Å². The van der Waals surface area contributed by atoms with E-state index in [0.29, 0.717) is 0 Å². The molecule has 0 aromatic heterocycles. The van der Waals surface area contributed by atoms with Crippen LogP contribution in [0.3, 0.4) is 0 Å². The van der Waals surface area contributed by atoms with Crippen molar-refractivity contribution in [3.63, 3.8) is 0 Å². The van der Waals surface area contributed by atoms with Gasteiger partial charge in [0.25, 0.3) is 0 Å². The van der Waals surface area contributed by atoms with Gasteiger partial charge in [-0.2, -0.15) is 0 Å². The van der Waals surface area contributed by atoms with E-state index in [1.54, 1.807) is 0 Å². The van der Waals surface area contributed by atoms with Crippen molar-refractivity contribution in [3.05, 3.63) is 23.8 Å². The maximum absolute atomic E-state index is 11.5. The third-order valence-corrected chi connectivity index (χ3v) is 2.89. The highest BCUT2D eigenvalue weighted by Crippen LogP contribution is 2.33. The van der Waals surface area contributed by atoms with Gasteiger partial charge >= 0.3 is 0 Å². The molecule has 2 aliphatic rings. The Morgan fingerprint density at radius 1 is 1.15 bits per heavy atom. The van der Waals surface area contributed by atoms with Gasteiger partial charge in [-0.05, 0) is 31.9 Å². The summed E-state index contributed by atoms with van der Waals surface area (Å²) >= 11 is 0. The summed E-state index contributed by atoms with van der Waals surface area (Å²) in [7, 11) is 0. The fourth-order valence-electron chi connectivity index (χ4n) is 2.09. The maximum atomic E-state index is 11.5.